The summed E-state index contributed by atoms with van der Waals surface area (Å²) in [6, 6.07) is 2.95. The van der Waals surface area contributed by atoms with Gasteiger partial charge >= 0.3 is 6.09 Å². The quantitative estimate of drug-likeness (QED) is 0.403. The van der Waals surface area contributed by atoms with Gasteiger partial charge in [0.2, 0.25) is 0 Å². The maximum Gasteiger partial charge on any atom is 0.417 e. The molecule has 3 aliphatic rings. The van der Waals surface area contributed by atoms with Gasteiger partial charge in [0.25, 0.3) is 5.91 Å². The van der Waals surface area contributed by atoms with Crippen LogP contribution < -0.4 is 0 Å². The van der Waals surface area contributed by atoms with Gasteiger partial charge in [-0.1, -0.05) is 46.5 Å². The molecule has 6 heteroatoms. The number of ether oxygens (including phenoxy) is 1. The van der Waals surface area contributed by atoms with Gasteiger partial charge in [0, 0.05) is 0 Å². The summed E-state index contributed by atoms with van der Waals surface area (Å²) in [5.74, 6) is 0.219. The van der Waals surface area contributed by atoms with E-state index in [1.807, 2.05) is 0 Å². The van der Waals surface area contributed by atoms with E-state index in [4.69, 9.17) is 9.16 Å². The average Bonchev–Trinajstić information content (AvgIpc) is 2.74. The molecule has 0 spiro atoms. The van der Waals surface area contributed by atoms with Crippen LogP contribution in [-0.2, 0) is 14.0 Å². The lowest BCUT2D eigenvalue weighted by atomic mass is 9.77. The zero-order valence-corrected chi connectivity index (χ0v) is 19.1. The Labute approximate surface area is 171 Å². The van der Waals surface area contributed by atoms with Crippen molar-refractivity contribution in [3.63, 3.8) is 0 Å². The Bertz CT molecular complexity index is 530. The van der Waals surface area contributed by atoms with Gasteiger partial charge < -0.3 is 9.16 Å². The highest BCUT2D eigenvalue weighted by atomic mass is 28.4. The second kappa shape index (κ2) is 9.75. The van der Waals surface area contributed by atoms with Crippen LogP contribution in [0.2, 0.25) is 18.1 Å². The van der Waals surface area contributed by atoms with Gasteiger partial charge in [-0.2, -0.15) is 0 Å². The highest BCUT2D eigenvalue weighted by Gasteiger charge is 2.57. The fourth-order valence-electron chi connectivity index (χ4n) is 5.40. The molecule has 0 aromatic rings. The minimum Gasteiger partial charge on any atom is -0.446 e. The van der Waals surface area contributed by atoms with Crippen molar-refractivity contribution in [3.05, 3.63) is 0 Å². The lowest BCUT2D eigenvalue weighted by Crippen LogP contribution is -2.72. The molecule has 1 aliphatic heterocycles. The Balaban J connectivity index is 1.73. The molecule has 2 atom stereocenters. The maximum atomic E-state index is 13.0. The van der Waals surface area contributed by atoms with Gasteiger partial charge in [0.15, 0.2) is 8.32 Å². The number of rotatable bonds is 7. The third-order valence-electron chi connectivity index (χ3n) is 7.55. The van der Waals surface area contributed by atoms with Crippen molar-refractivity contribution in [2.75, 3.05) is 0 Å². The molecule has 2 saturated carbocycles. The summed E-state index contributed by atoms with van der Waals surface area (Å²) in [5, 5.41) is 0. The van der Waals surface area contributed by atoms with Crippen molar-refractivity contribution in [2.45, 2.75) is 121 Å². The molecule has 0 N–H and O–H groups in total. The SMILES string of the molecule is CC[Si](CC)(CC)O[C@@H]1C(=O)N(C(=O)OC2CCCCC2)[C@@H]1C1CCCCC1. The van der Waals surface area contributed by atoms with Crippen LogP contribution in [0.1, 0.15) is 85.0 Å². The molecule has 0 radical (unpaired) electrons. The fraction of sp³-hybridized carbons (Fsp3) is 0.909. The van der Waals surface area contributed by atoms with Crippen molar-refractivity contribution < 1.29 is 18.8 Å². The summed E-state index contributed by atoms with van der Waals surface area (Å²) < 4.78 is 12.4. The van der Waals surface area contributed by atoms with Crippen molar-refractivity contribution in [1.29, 1.82) is 0 Å². The van der Waals surface area contributed by atoms with Crippen LogP contribution in [-0.4, -0.2) is 43.5 Å². The number of likely N-dealkylation sites (tertiary alicyclic amines) is 1. The van der Waals surface area contributed by atoms with E-state index in [-0.39, 0.29) is 18.1 Å². The minimum absolute atomic E-state index is 0.0172. The molecule has 3 fully saturated rings. The molecule has 2 amide bonds. The second-order valence-electron chi connectivity index (χ2n) is 9.02. The highest BCUT2D eigenvalue weighted by Crippen LogP contribution is 2.40. The standard InChI is InChI=1S/C22H39NO4Si/c1-4-28(5-2,6-3)27-20-19(17-13-9-7-10-14-17)23(21(20)24)22(25)26-18-15-11-8-12-16-18/h17-20H,4-16H2,1-3H3/t19-,20+/m1/s1. The van der Waals surface area contributed by atoms with Gasteiger partial charge in [0.05, 0.1) is 6.04 Å². The topological polar surface area (TPSA) is 55.8 Å². The van der Waals surface area contributed by atoms with E-state index in [1.165, 1.54) is 30.6 Å². The van der Waals surface area contributed by atoms with Crippen LogP contribution in [0.25, 0.3) is 0 Å². The molecule has 1 heterocycles. The second-order valence-corrected chi connectivity index (χ2v) is 13.7. The molecule has 5 nitrogen and oxygen atoms in total. The number of carbonyl (C=O) groups excluding carboxylic acids is 2. The molecule has 1 saturated heterocycles. The van der Waals surface area contributed by atoms with E-state index in [2.05, 4.69) is 20.8 Å². The predicted molar refractivity (Wildman–Crippen MR) is 113 cm³/mol. The monoisotopic (exact) mass is 409 g/mol. The molecule has 0 aromatic heterocycles. The maximum absolute atomic E-state index is 13.0. The summed E-state index contributed by atoms with van der Waals surface area (Å²) in [7, 11) is -1.90. The largest absolute Gasteiger partial charge is 0.446 e. The Morgan fingerprint density at radius 2 is 1.46 bits per heavy atom. The molecular formula is C22H39NO4Si. The van der Waals surface area contributed by atoms with Crippen LogP contribution in [0.5, 0.6) is 0 Å². The number of β-lactam (4-membered cyclic amide) rings is 1. The van der Waals surface area contributed by atoms with Crippen molar-refractivity contribution in [1.82, 2.24) is 4.90 Å². The lowest BCUT2D eigenvalue weighted by molar-refractivity contribution is -0.166. The van der Waals surface area contributed by atoms with E-state index in [9.17, 15) is 9.59 Å². The van der Waals surface area contributed by atoms with Crippen LogP contribution >= 0.6 is 0 Å². The van der Waals surface area contributed by atoms with Crippen LogP contribution in [0.4, 0.5) is 4.79 Å². The summed E-state index contributed by atoms with van der Waals surface area (Å²) >= 11 is 0. The van der Waals surface area contributed by atoms with Crippen molar-refractivity contribution in [3.8, 4) is 0 Å². The number of imide groups is 1. The molecule has 28 heavy (non-hydrogen) atoms. The molecule has 0 unspecified atom stereocenters. The fourth-order valence-corrected chi connectivity index (χ4v) is 8.18. The molecule has 2 aliphatic carbocycles. The summed E-state index contributed by atoms with van der Waals surface area (Å²) in [4.78, 5) is 27.4. The first-order chi connectivity index (χ1) is 13.5. The molecule has 0 bridgehead atoms. The summed E-state index contributed by atoms with van der Waals surface area (Å²) in [6.45, 7) is 6.56. The Morgan fingerprint density at radius 1 is 0.929 bits per heavy atom. The van der Waals surface area contributed by atoms with Gasteiger partial charge in [-0.15, -0.1) is 0 Å². The number of amides is 2. The first-order valence-electron chi connectivity index (χ1n) is 11.8. The van der Waals surface area contributed by atoms with Gasteiger partial charge in [-0.25, -0.2) is 9.69 Å². The molecule has 160 valence electrons. The van der Waals surface area contributed by atoms with E-state index in [0.717, 1.165) is 56.7 Å². The third kappa shape index (κ3) is 4.48. The van der Waals surface area contributed by atoms with E-state index < -0.39 is 20.5 Å². The predicted octanol–water partition coefficient (Wildman–Crippen LogP) is 5.64. The van der Waals surface area contributed by atoms with Crippen LogP contribution in [0, 0.1) is 5.92 Å². The normalized spacial score (nSPS) is 27.5. The first-order valence-corrected chi connectivity index (χ1v) is 14.3. The lowest BCUT2D eigenvalue weighted by Gasteiger charge is -2.51. The number of carbonyl (C=O) groups is 2. The highest BCUT2D eigenvalue weighted by molar-refractivity contribution is 6.73. The Kier molecular flexibility index (Phi) is 7.59. The van der Waals surface area contributed by atoms with Crippen LogP contribution in [0.3, 0.4) is 0 Å². The van der Waals surface area contributed by atoms with E-state index >= 15 is 0 Å². The van der Waals surface area contributed by atoms with Crippen molar-refractivity contribution >= 4 is 20.3 Å². The van der Waals surface area contributed by atoms with Crippen LogP contribution in [0.15, 0.2) is 0 Å². The smallest absolute Gasteiger partial charge is 0.417 e. The van der Waals surface area contributed by atoms with E-state index in [1.54, 1.807) is 0 Å². The average molecular weight is 410 g/mol. The first kappa shape index (κ1) is 21.8. The van der Waals surface area contributed by atoms with Gasteiger partial charge in [0.1, 0.15) is 12.2 Å². The minimum atomic E-state index is -1.90. The molecule has 3 rings (SSSR count). The van der Waals surface area contributed by atoms with Crippen molar-refractivity contribution in [2.24, 2.45) is 5.92 Å². The van der Waals surface area contributed by atoms with Gasteiger partial charge in [-0.3, -0.25) is 4.79 Å². The molecule has 0 aromatic carbocycles. The molecular weight excluding hydrogens is 370 g/mol. The third-order valence-corrected chi connectivity index (χ3v) is 12.2. The summed E-state index contributed by atoms with van der Waals surface area (Å²) in [5.41, 5.74) is 0. The van der Waals surface area contributed by atoms with E-state index in [0.29, 0.717) is 5.92 Å². The zero-order chi connectivity index (χ0) is 20.1. The number of nitrogens with zero attached hydrogens (tertiary/aromatic N) is 1. The zero-order valence-electron chi connectivity index (χ0n) is 18.1. The Morgan fingerprint density at radius 3 is 2.00 bits per heavy atom. The number of hydrogen-bond donors (Lipinski definition) is 0. The number of hydrogen-bond acceptors (Lipinski definition) is 4. The van der Waals surface area contributed by atoms with Gasteiger partial charge in [-0.05, 0) is 62.6 Å². The Hall–Kier alpha value is -0.883. The summed E-state index contributed by atoms with van der Waals surface area (Å²) in [6.07, 6.45) is 10.3.